The van der Waals surface area contributed by atoms with Crippen LogP contribution in [0.5, 0.6) is 0 Å². The molecule has 0 atom stereocenters. The van der Waals surface area contributed by atoms with E-state index in [1.54, 1.807) is 12.1 Å². The van der Waals surface area contributed by atoms with Crippen LogP contribution in [0.25, 0.3) is 22.2 Å². The molecule has 0 spiro atoms. The molecule has 186 valence electrons. The van der Waals surface area contributed by atoms with Gasteiger partial charge in [0.15, 0.2) is 0 Å². The van der Waals surface area contributed by atoms with Crippen LogP contribution in [0.3, 0.4) is 0 Å². The van der Waals surface area contributed by atoms with E-state index in [1.807, 2.05) is 32.0 Å². The second kappa shape index (κ2) is 12.8. The number of alkyl halides is 3. The fraction of sp³-hybridized carbons (Fsp3) is 0.292. The third kappa shape index (κ3) is 7.33. The third-order valence-corrected chi connectivity index (χ3v) is 5.89. The van der Waals surface area contributed by atoms with Crippen LogP contribution >= 0.6 is 21.7 Å². The molecule has 1 fully saturated rings. The SMILES string of the molecule is CC.ClSc1ccc2ccccc2c1.FC(F)(F)c1nc(-c2ccc(N3CCNCC3)nc2)no1. The Morgan fingerprint density at radius 2 is 1.71 bits per heavy atom. The van der Waals surface area contributed by atoms with Crippen LogP contribution in [0.4, 0.5) is 19.0 Å². The number of anilines is 1. The van der Waals surface area contributed by atoms with Crippen LogP contribution in [-0.4, -0.2) is 41.3 Å². The Kier molecular flexibility index (Phi) is 9.76. The molecule has 11 heteroatoms. The van der Waals surface area contributed by atoms with E-state index in [4.69, 9.17) is 10.7 Å². The van der Waals surface area contributed by atoms with Gasteiger partial charge < -0.3 is 14.7 Å². The van der Waals surface area contributed by atoms with E-state index in [0.29, 0.717) is 5.56 Å². The maximum absolute atomic E-state index is 12.4. The molecule has 0 radical (unpaired) electrons. The molecule has 0 aliphatic carbocycles. The second-order valence-electron chi connectivity index (χ2n) is 7.15. The number of hydrogen-bond donors (Lipinski definition) is 1. The number of halogens is 4. The highest BCUT2D eigenvalue weighted by molar-refractivity contribution is 8.21. The van der Waals surface area contributed by atoms with E-state index in [-0.39, 0.29) is 5.82 Å². The summed E-state index contributed by atoms with van der Waals surface area (Å²) >= 11 is 0. The Labute approximate surface area is 210 Å². The Hall–Kier alpha value is -2.82. The number of pyridine rings is 1. The van der Waals surface area contributed by atoms with Gasteiger partial charge >= 0.3 is 12.1 Å². The van der Waals surface area contributed by atoms with Crippen molar-refractivity contribution in [3.8, 4) is 11.4 Å². The monoisotopic (exact) mass is 523 g/mol. The number of benzene rings is 2. The number of hydrogen-bond acceptors (Lipinski definition) is 7. The molecule has 2 aromatic heterocycles. The van der Waals surface area contributed by atoms with E-state index >= 15 is 0 Å². The number of fused-ring (bicyclic) bond motifs is 1. The fourth-order valence-electron chi connectivity index (χ4n) is 3.27. The maximum atomic E-state index is 12.4. The number of piperazine rings is 1. The molecule has 0 saturated carbocycles. The lowest BCUT2D eigenvalue weighted by atomic mass is 10.1. The van der Waals surface area contributed by atoms with Gasteiger partial charge in [0.05, 0.1) is 0 Å². The van der Waals surface area contributed by atoms with Crippen molar-refractivity contribution in [3.63, 3.8) is 0 Å². The van der Waals surface area contributed by atoms with Gasteiger partial charge in [-0.25, -0.2) is 4.98 Å². The first-order valence-electron chi connectivity index (χ1n) is 11.0. The first-order chi connectivity index (χ1) is 16.9. The molecular formula is C24H25ClF3N5OS. The van der Waals surface area contributed by atoms with E-state index in [9.17, 15) is 13.2 Å². The van der Waals surface area contributed by atoms with Crippen LogP contribution in [0, 0.1) is 0 Å². The van der Waals surface area contributed by atoms with Gasteiger partial charge in [-0.2, -0.15) is 18.2 Å². The van der Waals surface area contributed by atoms with Crippen molar-refractivity contribution in [1.82, 2.24) is 20.4 Å². The molecule has 1 aliphatic heterocycles. The average molecular weight is 524 g/mol. The Balaban J connectivity index is 0.000000207. The Morgan fingerprint density at radius 3 is 2.31 bits per heavy atom. The molecule has 1 aliphatic rings. The van der Waals surface area contributed by atoms with Gasteiger partial charge in [-0.05, 0) is 56.7 Å². The fourth-order valence-corrected chi connectivity index (χ4v) is 3.85. The van der Waals surface area contributed by atoms with Crippen molar-refractivity contribution in [2.24, 2.45) is 0 Å². The lowest BCUT2D eigenvalue weighted by Gasteiger charge is -2.28. The van der Waals surface area contributed by atoms with E-state index in [2.05, 4.69) is 54.1 Å². The molecule has 1 saturated heterocycles. The van der Waals surface area contributed by atoms with Crippen LogP contribution < -0.4 is 10.2 Å². The predicted molar refractivity (Wildman–Crippen MR) is 135 cm³/mol. The molecule has 0 unspecified atom stereocenters. The number of aromatic nitrogens is 3. The minimum Gasteiger partial charge on any atom is -0.354 e. The first kappa shape index (κ1) is 26.8. The summed E-state index contributed by atoms with van der Waals surface area (Å²) in [5, 5.41) is 9.05. The van der Waals surface area contributed by atoms with E-state index in [1.165, 1.54) is 27.9 Å². The van der Waals surface area contributed by atoms with Gasteiger partial charge in [0, 0.05) is 42.8 Å². The second-order valence-corrected chi connectivity index (χ2v) is 8.24. The van der Waals surface area contributed by atoms with Crippen molar-refractivity contribution < 1.29 is 17.7 Å². The van der Waals surface area contributed by atoms with E-state index in [0.717, 1.165) is 36.9 Å². The zero-order chi connectivity index (χ0) is 25.3. The van der Waals surface area contributed by atoms with Crippen LogP contribution in [0.1, 0.15) is 19.7 Å². The summed E-state index contributed by atoms with van der Waals surface area (Å²) in [5.74, 6) is -0.704. The summed E-state index contributed by atoms with van der Waals surface area (Å²) in [6, 6.07) is 17.8. The predicted octanol–water partition coefficient (Wildman–Crippen LogP) is 6.67. The van der Waals surface area contributed by atoms with Crippen LogP contribution in [0.2, 0.25) is 0 Å². The number of rotatable bonds is 3. The molecule has 4 aromatic rings. The van der Waals surface area contributed by atoms with Crippen LogP contribution in [0.15, 0.2) is 70.2 Å². The molecule has 35 heavy (non-hydrogen) atoms. The van der Waals surface area contributed by atoms with Crippen molar-refractivity contribution in [2.75, 3.05) is 31.1 Å². The molecule has 0 bridgehead atoms. The first-order valence-corrected chi connectivity index (χ1v) is 12.7. The standard InChI is InChI=1S/C12H12F3N5O.C10H7ClS.C2H6/c13-12(14,15)11-18-10(19-21-11)8-1-2-9(17-7-8)20-5-3-16-4-6-20;11-12-10-6-5-8-3-1-2-4-9(8)7-10;1-2/h1-2,7,16H,3-6H2;1-7H;1-2H3. The van der Waals surface area contributed by atoms with Crippen molar-refractivity contribution in [3.05, 3.63) is 66.7 Å². The minimum absolute atomic E-state index is 0.123. The summed E-state index contributed by atoms with van der Waals surface area (Å²) in [7, 11) is 6.90. The topological polar surface area (TPSA) is 67.1 Å². The zero-order valence-electron chi connectivity index (χ0n) is 19.2. The van der Waals surface area contributed by atoms with Crippen molar-refractivity contribution in [1.29, 1.82) is 0 Å². The van der Waals surface area contributed by atoms with Gasteiger partial charge in [0.2, 0.25) is 5.82 Å². The molecule has 3 heterocycles. The molecule has 0 amide bonds. The van der Waals surface area contributed by atoms with Gasteiger partial charge in [-0.1, -0.05) is 49.3 Å². The van der Waals surface area contributed by atoms with Gasteiger partial charge in [-0.15, -0.1) is 0 Å². The molecule has 1 N–H and O–H groups in total. The van der Waals surface area contributed by atoms with Crippen molar-refractivity contribution >= 4 is 38.2 Å². The van der Waals surface area contributed by atoms with Gasteiger partial charge in [-0.3, -0.25) is 0 Å². The zero-order valence-corrected chi connectivity index (χ0v) is 20.8. The lowest BCUT2D eigenvalue weighted by Crippen LogP contribution is -2.43. The Bertz CT molecular complexity index is 1200. The lowest BCUT2D eigenvalue weighted by molar-refractivity contribution is -0.159. The smallest absolute Gasteiger partial charge is 0.354 e. The maximum Gasteiger partial charge on any atom is 0.471 e. The normalized spacial score (nSPS) is 13.5. The van der Waals surface area contributed by atoms with Crippen molar-refractivity contribution in [2.45, 2.75) is 24.9 Å². The molecular weight excluding hydrogens is 499 g/mol. The summed E-state index contributed by atoms with van der Waals surface area (Å²) < 4.78 is 41.4. The molecule has 5 rings (SSSR count). The minimum atomic E-state index is -4.64. The van der Waals surface area contributed by atoms with Gasteiger partial charge in [0.1, 0.15) is 5.82 Å². The quantitative estimate of drug-likeness (QED) is 0.321. The molecule has 2 aromatic carbocycles. The third-order valence-electron chi connectivity index (χ3n) is 4.93. The average Bonchev–Trinajstić information content (AvgIpc) is 3.42. The highest BCUT2D eigenvalue weighted by atomic mass is 35.7. The van der Waals surface area contributed by atoms with Gasteiger partial charge in [0.25, 0.3) is 0 Å². The van der Waals surface area contributed by atoms with Crippen LogP contribution in [-0.2, 0) is 6.18 Å². The highest BCUT2D eigenvalue weighted by Gasteiger charge is 2.38. The summed E-state index contributed by atoms with van der Waals surface area (Å²) in [6.45, 7) is 7.44. The summed E-state index contributed by atoms with van der Waals surface area (Å²) in [4.78, 5) is 10.8. The Morgan fingerprint density at radius 1 is 1.00 bits per heavy atom. The summed E-state index contributed by atoms with van der Waals surface area (Å²) in [5.41, 5.74) is 0.383. The van der Waals surface area contributed by atoms with E-state index < -0.39 is 12.1 Å². The molecule has 6 nitrogen and oxygen atoms in total. The number of nitrogens with zero attached hydrogens (tertiary/aromatic N) is 4. The highest BCUT2D eigenvalue weighted by Crippen LogP contribution is 2.29. The largest absolute Gasteiger partial charge is 0.471 e. The number of nitrogens with one attached hydrogen (secondary N) is 1. The summed E-state index contributed by atoms with van der Waals surface area (Å²) in [6.07, 6.45) is -3.19.